The van der Waals surface area contributed by atoms with Gasteiger partial charge in [0.15, 0.2) is 8.67 Å². The van der Waals surface area contributed by atoms with Crippen LogP contribution < -0.4 is 0 Å². The van der Waals surface area contributed by atoms with Gasteiger partial charge < -0.3 is 0 Å². The van der Waals surface area contributed by atoms with Crippen LogP contribution in [0, 0.1) is 6.92 Å². The van der Waals surface area contributed by atoms with Crippen molar-refractivity contribution in [1.82, 2.24) is 0 Å². The fourth-order valence-electron chi connectivity index (χ4n) is 0.207. The van der Waals surface area contributed by atoms with E-state index in [1.165, 1.54) is 0 Å². The van der Waals surface area contributed by atoms with E-state index >= 15 is 0 Å². The molecule has 0 saturated carbocycles. The Morgan fingerprint density at radius 3 is 1.00 bits per heavy atom. The van der Waals surface area contributed by atoms with Crippen molar-refractivity contribution >= 4 is 81.2 Å². The number of rotatable bonds is 1. The molecule has 7 heteroatoms. The minimum absolute atomic E-state index is 1.79. The largest absolute Gasteiger partial charge is 0.226 e. The molecule has 0 saturated heterocycles. The second-order valence-electron chi connectivity index (χ2n) is 1.78. The summed E-state index contributed by atoms with van der Waals surface area (Å²) in [5.74, 6) is 0. The lowest BCUT2D eigenvalue weighted by molar-refractivity contribution is 0.763. The standard InChI is InChI=1S/C4H2Cl7/c1-2(5,6)3(7,8)4(9,10)11/h1H2. The van der Waals surface area contributed by atoms with Gasteiger partial charge in [0.1, 0.15) is 0 Å². The molecule has 0 aromatic heterocycles. The first-order valence-corrected chi connectivity index (χ1v) is 4.82. The number of halogens is 7. The number of hydrogen-bond acceptors (Lipinski definition) is 0. The SMILES string of the molecule is [CH2]C(Cl)(Cl)C(Cl)(Cl)C(Cl)(Cl)Cl. The van der Waals surface area contributed by atoms with E-state index in [4.69, 9.17) is 81.2 Å². The summed E-state index contributed by atoms with van der Waals surface area (Å²) in [6.07, 6.45) is 0. The molecule has 0 aliphatic rings. The Balaban J connectivity index is 4.75. The van der Waals surface area contributed by atoms with Gasteiger partial charge in [0, 0.05) is 0 Å². The van der Waals surface area contributed by atoms with Gasteiger partial charge in [0.05, 0.1) is 0 Å². The van der Waals surface area contributed by atoms with Crippen LogP contribution in [0.1, 0.15) is 0 Å². The molecule has 0 rings (SSSR count). The zero-order chi connectivity index (χ0) is 9.50. The molecule has 0 aliphatic heterocycles. The maximum atomic E-state index is 5.53. The van der Waals surface area contributed by atoms with Crippen LogP contribution in [0.3, 0.4) is 0 Å². The highest BCUT2D eigenvalue weighted by Gasteiger charge is 2.57. The van der Waals surface area contributed by atoms with Gasteiger partial charge in [-0.25, -0.2) is 0 Å². The van der Waals surface area contributed by atoms with E-state index in [9.17, 15) is 0 Å². The fourth-order valence-corrected chi connectivity index (χ4v) is 1.26. The van der Waals surface area contributed by atoms with Crippen LogP contribution in [-0.2, 0) is 0 Å². The van der Waals surface area contributed by atoms with Gasteiger partial charge in [-0.1, -0.05) is 81.2 Å². The maximum absolute atomic E-state index is 5.53. The zero-order valence-corrected chi connectivity index (χ0v) is 10.1. The zero-order valence-electron chi connectivity index (χ0n) is 4.85. The third-order valence-corrected chi connectivity index (χ3v) is 4.41. The van der Waals surface area contributed by atoms with Crippen molar-refractivity contribution in [3.8, 4) is 0 Å². The summed E-state index contributed by atoms with van der Waals surface area (Å²) in [4.78, 5) is 0. The predicted molar refractivity (Wildman–Crippen MR) is 54.5 cm³/mol. The highest BCUT2D eigenvalue weighted by molar-refractivity contribution is 6.78. The lowest BCUT2D eigenvalue weighted by Crippen LogP contribution is -2.45. The van der Waals surface area contributed by atoms with E-state index in [0.717, 1.165) is 0 Å². The minimum atomic E-state index is -2.00. The molecule has 0 spiro atoms. The molecule has 0 atom stereocenters. The van der Waals surface area contributed by atoms with Crippen molar-refractivity contribution in [2.75, 3.05) is 0 Å². The second kappa shape index (κ2) is 3.65. The number of alkyl halides is 7. The molecule has 0 aromatic rings. The van der Waals surface area contributed by atoms with Crippen LogP contribution >= 0.6 is 81.2 Å². The van der Waals surface area contributed by atoms with Crippen LogP contribution in [-0.4, -0.2) is 12.5 Å². The Bertz CT molecular complexity index is 122. The van der Waals surface area contributed by atoms with Crippen molar-refractivity contribution < 1.29 is 0 Å². The van der Waals surface area contributed by atoms with Gasteiger partial charge in [-0.3, -0.25) is 0 Å². The summed E-state index contributed by atoms with van der Waals surface area (Å²) in [6, 6.07) is 0. The predicted octanol–water partition coefficient (Wildman–Crippen LogP) is 4.54. The molecule has 0 aliphatic carbocycles. The van der Waals surface area contributed by atoms with Crippen LogP contribution in [0.4, 0.5) is 0 Å². The normalized spacial score (nSPS) is 15.3. The number of hydrogen-bond donors (Lipinski definition) is 0. The van der Waals surface area contributed by atoms with Crippen LogP contribution in [0.25, 0.3) is 0 Å². The quantitative estimate of drug-likeness (QED) is 0.624. The first kappa shape index (κ1) is 13.0. The Kier molecular flexibility index (Phi) is 4.32. The van der Waals surface area contributed by atoms with E-state index in [1.807, 2.05) is 0 Å². The van der Waals surface area contributed by atoms with E-state index < -0.39 is 12.5 Å². The molecule has 0 bridgehead atoms. The summed E-state index contributed by atoms with van der Waals surface area (Å²) in [5, 5.41) is 0. The van der Waals surface area contributed by atoms with E-state index in [0.29, 0.717) is 0 Å². The molecule has 0 N–H and O–H groups in total. The van der Waals surface area contributed by atoms with Gasteiger partial charge >= 0.3 is 0 Å². The Morgan fingerprint density at radius 2 is 1.00 bits per heavy atom. The van der Waals surface area contributed by atoms with Crippen LogP contribution in [0.2, 0.25) is 0 Å². The first-order valence-electron chi connectivity index (χ1n) is 2.18. The molecule has 0 amide bonds. The molecule has 0 fully saturated rings. The second-order valence-corrected chi connectivity index (χ2v) is 6.87. The smallest absolute Gasteiger partial charge is 0.0981 e. The summed E-state index contributed by atoms with van der Waals surface area (Å²) in [6.45, 7) is 3.22. The summed E-state index contributed by atoms with van der Waals surface area (Å²) >= 11 is 38.1. The average molecular weight is 298 g/mol. The van der Waals surface area contributed by atoms with Gasteiger partial charge in [-0.05, 0) is 6.92 Å². The third kappa shape index (κ3) is 3.02. The Hall–Kier alpha value is 2.03. The summed E-state index contributed by atoms with van der Waals surface area (Å²) in [7, 11) is 0. The highest BCUT2D eigenvalue weighted by atomic mass is 35.6. The van der Waals surface area contributed by atoms with Crippen molar-refractivity contribution in [2.24, 2.45) is 0 Å². The van der Waals surface area contributed by atoms with Gasteiger partial charge in [-0.15, -0.1) is 0 Å². The lowest BCUT2D eigenvalue weighted by Gasteiger charge is -2.34. The van der Waals surface area contributed by atoms with Gasteiger partial charge in [0.2, 0.25) is 3.79 Å². The van der Waals surface area contributed by atoms with E-state index in [2.05, 4.69) is 6.92 Å². The van der Waals surface area contributed by atoms with Crippen LogP contribution in [0.15, 0.2) is 0 Å². The molecule has 0 heterocycles. The third-order valence-electron chi connectivity index (χ3n) is 0.815. The van der Waals surface area contributed by atoms with Crippen molar-refractivity contribution in [2.45, 2.75) is 12.5 Å². The fraction of sp³-hybridized carbons (Fsp3) is 0.750. The van der Waals surface area contributed by atoms with Crippen molar-refractivity contribution in [1.29, 1.82) is 0 Å². The van der Waals surface area contributed by atoms with Gasteiger partial charge in [-0.2, -0.15) is 0 Å². The molecule has 0 aromatic carbocycles. The van der Waals surface area contributed by atoms with Crippen LogP contribution in [0.5, 0.6) is 0 Å². The molecule has 0 unspecified atom stereocenters. The average Bonchev–Trinajstić information content (AvgIpc) is 1.58. The first-order chi connectivity index (χ1) is 4.50. The molecular weight excluding hydrogens is 296 g/mol. The Morgan fingerprint density at radius 1 is 0.727 bits per heavy atom. The van der Waals surface area contributed by atoms with E-state index in [-0.39, 0.29) is 0 Å². The van der Waals surface area contributed by atoms with Gasteiger partial charge in [0.25, 0.3) is 0 Å². The molecular formula is C4H2Cl7. The minimum Gasteiger partial charge on any atom is -0.0981 e. The molecule has 11 heavy (non-hydrogen) atoms. The molecule has 0 nitrogen and oxygen atoms in total. The van der Waals surface area contributed by atoms with E-state index in [1.54, 1.807) is 0 Å². The monoisotopic (exact) mass is 295 g/mol. The van der Waals surface area contributed by atoms with Crippen molar-refractivity contribution in [3.63, 3.8) is 0 Å². The molecule has 67 valence electrons. The maximum Gasteiger partial charge on any atom is 0.226 e. The topological polar surface area (TPSA) is 0 Å². The lowest BCUT2D eigenvalue weighted by atomic mass is 10.3. The summed E-state index contributed by atoms with van der Waals surface area (Å²) < 4.78 is -5.75. The highest BCUT2D eigenvalue weighted by Crippen LogP contribution is 2.55. The molecule has 1 radical (unpaired) electrons. The summed E-state index contributed by atoms with van der Waals surface area (Å²) in [5.41, 5.74) is 0. The van der Waals surface area contributed by atoms with Crippen molar-refractivity contribution in [3.05, 3.63) is 6.92 Å². The Labute approximate surface area is 100.0 Å².